The van der Waals surface area contributed by atoms with Gasteiger partial charge in [0, 0.05) is 0 Å². The molecule has 5 nitrogen and oxygen atoms in total. The van der Waals surface area contributed by atoms with Crippen LogP contribution in [0.2, 0.25) is 0 Å². The van der Waals surface area contributed by atoms with E-state index in [0.717, 1.165) is 6.42 Å². The van der Waals surface area contributed by atoms with E-state index in [2.05, 4.69) is 4.72 Å². The quantitative estimate of drug-likeness (QED) is 0.585. The minimum atomic E-state index is -3.63. The Hall–Kier alpha value is -0.690. The van der Waals surface area contributed by atoms with Crippen molar-refractivity contribution in [3.8, 4) is 0 Å². The van der Waals surface area contributed by atoms with Gasteiger partial charge in [-0.25, -0.2) is 13.1 Å². The Morgan fingerprint density at radius 3 is 2.47 bits per heavy atom. The van der Waals surface area contributed by atoms with Crippen molar-refractivity contribution in [1.82, 2.24) is 4.72 Å². The van der Waals surface area contributed by atoms with E-state index in [1.165, 1.54) is 0 Å². The summed E-state index contributed by atoms with van der Waals surface area (Å²) in [4.78, 5) is 10.8. The molecule has 0 aromatic rings. The van der Waals surface area contributed by atoms with Gasteiger partial charge in [0.2, 0.25) is 10.0 Å². The van der Waals surface area contributed by atoms with Crippen molar-refractivity contribution in [3.63, 3.8) is 0 Å². The number of rotatable bonds is 10. The minimum absolute atomic E-state index is 0.174. The van der Waals surface area contributed by atoms with Gasteiger partial charge >= 0.3 is 5.97 Å². The van der Waals surface area contributed by atoms with Gasteiger partial charge < -0.3 is 5.11 Å². The summed E-state index contributed by atoms with van der Waals surface area (Å²) in [5, 5.41) is 8.85. The molecule has 7 heteroatoms. The van der Waals surface area contributed by atoms with Crippen LogP contribution in [-0.2, 0) is 14.8 Å². The third kappa shape index (κ3) is 8.09. The molecule has 0 aliphatic rings. The third-order valence-corrected chi connectivity index (χ3v) is 3.73. The first-order chi connectivity index (χ1) is 7.93. The Bertz CT molecular complexity index is 318. The first-order valence-corrected chi connectivity index (χ1v) is 7.37. The average Bonchev–Trinajstić information content (AvgIpc) is 2.24. The highest BCUT2D eigenvalue weighted by molar-refractivity contribution is 7.89. The monoisotopic (exact) mass is 269 g/mol. The van der Waals surface area contributed by atoms with Gasteiger partial charge in [-0.3, -0.25) is 9.18 Å². The Morgan fingerprint density at radius 2 is 2.00 bits per heavy atom. The molecule has 0 amide bonds. The normalized spacial score (nSPS) is 13.5. The van der Waals surface area contributed by atoms with E-state index in [1.54, 1.807) is 0 Å². The highest BCUT2D eigenvalue weighted by Crippen LogP contribution is 2.04. The SMILES string of the molecule is CCCCC(NS(=O)(=O)CCCCF)C(=O)O. The van der Waals surface area contributed by atoms with Crippen LogP contribution in [0.25, 0.3) is 0 Å². The summed E-state index contributed by atoms with van der Waals surface area (Å²) < 4.78 is 36.9. The van der Waals surface area contributed by atoms with Crippen LogP contribution in [0.1, 0.15) is 39.0 Å². The smallest absolute Gasteiger partial charge is 0.321 e. The van der Waals surface area contributed by atoms with Gasteiger partial charge in [-0.1, -0.05) is 19.8 Å². The number of hydrogen-bond acceptors (Lipinski definition) is 3. The van der Waals surface area contributed by atoms with Crippen LogP contribution in [0.5, 0.6) is 0 Å². The maximum absolute atomic E-state index is 11.8. The van der Waals surface area contributed by atoms with Crippen LogP contribution in [0.15, 0.2) is 0 Å². The van der Waals surface area contributed by atoms with E-state index < -0.39 is 28.7 Å². The lowest BCUT2D eigenvalue weighted by atomic mass is 10.1. The molecule has 0 saturated heterocycles. The second kappa shape index (κ2) is 8.41. The molecule has 102 valence electrons. The van der Waals surface area contributed by atoms with Crippen LogP contribution in [0.3, 0.4) is 0 Å². The Morgan fingerprint density at radius 1 is 1.35 bits per heavy atom. The van der Waals surface area contributed by atoms with Crippen LogP contribution in [0, 0.1) is 0 Å². The van der Waals surface area contributed by atoms with Crippen LogP contribution < -0.4 is 4.72 Å². The number of carbonyl (C=O) groups is 1. The summed E-state index contributed by atoms with van der Waals surface area (Å²) in [7, 11) is -3.63. The van der Waals surface area contributed by atoms with Crippen LogP contribution in [-0.4, -0.2) is 38.0 Å². The highest BCUT2D eigenvalue weighted by Gasteiger charge is 2.22. The Labute approximate surface area is 101 Å². The molecule has 1 atom stereocenters. The Balaban J connectivity index is 4.27. The molecular weight excluding hydrogens is 249 g/mol. The first-order valence-electron chi connectivity index (χ1n) is 5.71. The number of aliphatic carboxylic acids is 1. The standard InChI is InChI=1S/C10H20FNO4S/c1-2-3-6-9(10(13)14)12-17(15,16)8-5-4-7-11/h9,12H,2-8H2,1H3,(H,13,14). The number of halogens is 1. The van der Waals surface area contributed by atoms with Crippen LogP contribution in [0.4, 0.5) is 4.39 Å². The second-order valence-electron chi connectivity index (χ2n) is 3.87. The topological polar surface area (TPSA) is 83.5 Å². The number of hydrogen-bond donors (Lipinski definition) is 2. The third-order valence-electron chi connectivity index (χ3n) is 2.26. The van der Waals surface area contributed by atoms with Crippen molar-refractivity contribution in [2.75, 3.05) is 12.4 Å². The number of nitrogens with one attached hydrogen (secondary N) is 1. The summed E-state index contributed by atoms with van der Waals surface area (Å²) in [5.74, 6) is -1.40. The zero-order valence-electron chi connectivity index (χ0n) is 9.99. The molecule has 0 aliphatic heterocycles. The van der Waals surface area contributed by atoms with E-state index >= 15 is 0 Å². The fourth-order valence-corrected chi connectivity index (χ4v) is 2.66. The zero-order chi connectivity index (χ0) is 13.3. The van der Waals surface area contributed by atoms with Gasteiger partial charge in [-0.15, -0.1) is 0 Å². The average molecular weight is 269 g/mol. The van der Waals surface area contributed by atoms with E-state index in [9.17, 15) is 17.6 Å². The van der Waals surface area contributed by atoms with Gasteiger partial charge in [0.15, 0.2) is 0 Å². The lowest BCUT2D eigenvalue weighted by Crippen LogP contribution is -2.41. The number of carboxylic acid groups (broad SMARTS) is 1. The van der Waals surface area contributed by atoms with Crippen molar-refractivity contribution in [2.45, 2.75) is 45.1 Å². The van der Waals surface area contributed by atoms with E-state index in [1.807, 2.05) is 6.92 Å². The highest BCUT2D eigenvalue weighted by atomic mass is 32.2. The minimum Gasteiger partial charge on any atom is -0.480 e. The predicted octanol–water partition coefficient (Wildman–Crippen LogP) is 1.30. The van der Waals surface area contributed by atoms with E-state index in [0.29, 0.717) is 6.42 Å². The van der Waals surface area contributed by atoms with Gasteiger partial charge in [0.05, 0.1) is 12.4 Å². The summed E-state index contributed by atoms with van der Waals surface area (Å²) in [6.07, 6.45) is 2.09. The van der Waals surface area contributed by atoms with E-state index in [-0.39, 0.29) is 25.0 Å². The van der Waals surface area contributed by atoms with Gasteiger partial charge in [0.1, 0.15) is 6.04 Å². The lowest BCUT2D eigenvalue weighted by Gasteiger charge is -2.14. The first kappa shape index (κ1) is 16.3. The summed E-state index contributed by atoms with van der Waals surface area (Å²) in [6, 6.07) is -1.08. The summed E-state index contributed by atoms with van der Waals surface area (Å²) in [6.45, 7) is 1.34. The van der Waals surface area contributed by atoms with Crippen molar-refractivity contribution in [3.05, 3.63) is 0 Å². The molecule has 0 spiro atoms. The number of unbranched alkanes of at least 4 members (excludes halogenated alkanes) is 2. The second-order valence-corrected chi connectivity index (χ2v) is 5.74. The lowest BCUT2D eigenvalue weighted by molar-refractivity contribution is -0.139. The molecule has 1 unspecified atom stereocenters. The van der Waals surface area contributed by atoms with Gasteiger partial charge in [-0.2, -0.15) is 0 Å². The maximum Gasteiger partial charge on any atom is 0.321 e. The van der Waals surface area contributed by atoms with Crippen molar-refractivity contribution < 1.29 is 22.7 Å². The molecular formula is C10H20FNO4S. The maximum atomic E-state index is 11.8. The zero-order valence-corrected chi connectivity index (χ0v) is 10.8. The fraction of sp³-hybridized carbons (Fsp3) is 0.900. The van der Waals surface area contributed by atoms with E-state index in [4.69, 9.17) is 5.11 Å². The summed E-state index contributed by atoms with van der Waals surface area (Å²) in [5.41, 5.74) is 0. The van der Waals surface area contributed by atoms with Crippen molar-refractivity contribution in [2.24, 2.45) is 0 Å². The van der Waals surface area contributed by atoms with Crippen LogP contribution >= 0.6 is 0 Å². The fourth-order valence-electron chi connectivity index (χ4n) is 1.30. The van der Waals surface area contributed by atoms with Crippen molar-refractivity contribution in [1.29, 1.82) is 0 Å². The molecule has 0 rings (SSSR count). The van der Waals surface area contributed by atoms with Crippen molar-refractivity contribution >= 4 is 16.0 Å². The number of alkyl halides is 1. The largest absolute Gasteiger partial charge is 0.480 e. The van der Waals surface area contributed by atoms with Gasteiger partial charge in [-0.05, 0) is 19.3 Å². The summed E-state index contributed by atoms with van der Waals surface area (Å²) >= 11 is 0. The predicted molar refractivity (Wildman–Crippen MR) is 63.1 cm³/mol. The molecule has 0 radical (unpaired) electrons. The molecule has 0 bridgehead atoms. The molecule has 0 fully saturated rings. The molecule has 17 heavy (non-hydrogen) atoms. The molecule has 0 aliphatic carbocycles. The molecule has 2 N–H and O–H groups in total. The Kier molecular flexibility index (Phi) is 8.07. The number of sulfonamides is 1. The molecule has 0 aromatic carbocycles. The molecule has 0 heterocycles. The molecule has 0 aromatic heterocycles. The molecule has 0 saturated carbocycles. The van der Waals surface area contributed by atoms with Gasteiger partial charge in [0.25, 0.3) is 0 Å². The number of carboxylic acids is 1.